The maximum atomic E-state index is 5.58. The third-order valence-electron chi connectivity index (χ3n) is 4.45. The first-order valence-electron chi connectivity index (χ1n) is 8.48. The molecule has 0 amide bonds. The zero-order valence-electron chi connectivity index (χ0n) is 14.2. The Bertz CT molecular complexity index is 453. The van der Waals surface area contributed by atoms with Crippen molar-refractivity contribution in [3.8, 4) is 5.75 Å². The van der Waals surface area contributed by atoms with Crippen LogP contribution in [0, 0.1) is 5.41 Å². The van der Waals surface area contributed by atoms with Crippen LogP contribution in [-0.4, -0.2) is 19.2 Å². The van der Waals surface area contributed by atoms with Crippen molar-refractivity contribution in [1.29, 1.82) is 0 Å². The summed E-state index contributed by atoms with van der Waals surface area (Å²) >= 11 is 0. The van der Waals surface area contributed by atoms with Gasteiger partial charge in [-0.1, -0.05) is 32.9 Å². The number of aryl methyl sites for hydroxylation is 1. The maximum absolute atomic E-state index is 5.58. The van der Waals surface area contributed by atoms with Crippen LogP contribution in [0.3, 0.4) is 0 Å². The molecular formula is C19H31NO. The van der Waals surface area contributed by atoms with Crippen LogP contribution in [0.5, 0.6) is 5.75 Å². The Morgan fingerprint density at radius 1 is 1.33 bits per heavy atom. The van der Waals surface area contributed by atoms with Gasteiger partial charge in [0.2, 0.25) is 0 Å². The molecule has 1 heterocycles. The number of fused-ring (bicyclic) bond motifs is 1. The molecule has 1 aliphatic heterocycles. The Hall–Kier alpha value is -1.02. The van der Waals surface area contributed by atoms with Gasteiger partial charge in [-0.05, 0) is 61.8 Å². The highest BCUT2D eigenvalue weighted by molar-refractivity contribution is 5.39. The van der Waals surface area contributed by atoms with Gasteiger partial charge in [-0.3, -0.25) is 0 Å². The molecule has 2 rings (SSSR count). The Morgan fingerprint density at radius 2 is 2.14 bits per heavy atom. The first kappa shape index (κ1) is 16.4. The van der Waals surface area contributed by atoms with Gasteiger partial charge in [0.1, 0.15) is 5.75 Å². The predicted molar refractivity (Wildman–Crippen MR) is 90.1 cm³/mol. The van der Waals surface area contributed by atoms with E-state index in [1.165, 1.54) is 36.8 Å². The van der Waals surface area contributed by atoms with E-state index < -0.39 is 0 Å². The largest absolute Gasteiger partial charge is 0.493 e. The lowest BCUT2D eigenvalue weighted by molar-refractivity contribution is 0.268. The number of benzene rings is 1. The summed E-state index contributed by atoms with van der Waals surface area (Å²) in [6.45, 7) is 11.3. The van der Waals surface area contributed by atoms with E-state index in [0.717, 1.165) is 25.3 Å². The highest BCUT2D eigenvalue weighted by Crippen LogP contribution is 2.31. The van der Waals surface area contributed by atoms with E-state index in [2.05, 4.69) is 51.2 Å². The third kappa shape index (κ3) is 5.03. The van der Waals surface area contributed by atoms with Crippen molar-refractivity contribution >= 4 is 0 Å². The molecule has 1 atom stereocenters. The van der Waals surface area contributed by atoms with E-state index in [1.807, 2.05) is 0 Å². The normalized spacial score (nSPS) is 15.6. The minimum absolute atomic E-state index is 0.385. The average molecular weight is 289 g/mol. The minimum atomic E-state index is 0.385. The van der Waals surface area contributed by atoms with Gasteiger partial charge in [0, 0.05) is 12.5 Å². The molecule has 1 unspecified atom stereocenters. The molecule has 2 heteroatoms. The SMILES string of the molecule is CCCNC(C)CC(C)(C)CCc1ccc2c(c1)CCO2. The summed E-state index contributed by atoms with van der Waals surface area (Å²) in [6.07, 6.45) is 5.93. The highest BCUT2D eigenvalue weighted by Gasteiger charge is 2.21. The van der Waals surface area contributed by atoms with Gasteiger partial charge in [0.15, 0.2) is 0 Å². The van der Waals surface area contributed by atoms with Crippen LogP contribution in [0.25, 0.3) is 0 Å². The minimum Gasteiger partial charge on any atom is -0.493 e. The lowest BCUT2D eigenvalue weighted by atomic mass is 9.80. The fourth-order valence-corrected chi connectivity index (χ4v) is 3.27. The summed E-state index contributed by atoms with van der Waals surface area (Å²) in [4.78, 5) is 0. The molecule has 21 heavy (non-hydrogen) atoms. The molecule has 0 fully saturated rings. The molecule has 118 valence electrons. The maximum Gasteiger partial charge on any atom is 0.122 e. The van der Waals surface area contributed by atoms with Gasteiger partial charge < -0.3 is 10.1 Å². The first-order valence-corrected chi connectivity index (χ1v) is 8.48. The molecule has 0 aliphatic carbocycles. The van der Waals surface area contributed by atoms with Crippen LogP contribution in [0.15, 0.2) is 18.2 Å². The average Bonchev–Trinajstić information content (AvgIpc) is 2.90. The fraction of sp³-hybridized carbons (Fsp3) is 0.684. The van der Waals surface area contributed by atoms with Crippen molar-refractivity contribution in [1.82, 2.24) is 5.32 Å². The van der Waals surface area contributed by atoms with Crippen molar-refractivity contribution in [2.24, 2.45) is 5.41 Å². The Morgan fingerprint density at radius 3 is 2.90 bits per heavy atom. The van der Waals surface area contributed by atoms with Crippen molar-refractivity contribution in [3.63, 3.8) is 0 Å². The van der Waals surface area contributed by atoms with Crippen LogP contribution < -0.4 is 10.1 Å². The van der Waals surface area contributed by atoms with Gasteiger partial charge in [-0.2, -0.15) is 0 Å². The van der Waals surface area contributed by atoms with Gasteiger partial charge in [0.25, 0.3) is 0 Å². The molecule has 0 saturated carbocycles. The highest BCUT2D eigenvalue weighted by atomic mass is 16.5. The second kappa shape index (κ2) is 7.31. The van der Waals surface area contributed by atoms with Gasteiger partial charge >= 0.3 is 0 Å². The number of rotatable bonds is 8. The second-order valence-electron chi connectivity index (χ2n) is 7.26. The zero-order chi connectivity index (χ0) is 15.3. The Labute approximate surface area is 130 Å². The molecule has 0 aromatic heterocycles. The zero-order valence-corrected chi connectivity index (χ0v) is 14.2. The van der Waals surface area contributed by atoms with E-state index >= 15 is 0 Å². The number of nitrogens with one attached hydrogen (secondary N) is 1. The first-order chi connectivity index (χ1) is 10.00. The van der Waals surface area contributed by atoms with Crippen LogP contribution in [0.4, 0.5) is 0 Å². The molecule has 0 spiro atoms. The second-order valence-corrected chi connectivity index (χ2v) is 7.26. The number of hydrogen-bond donors (Lipinski definition) is 1. The molecule has 0 radical (unpaired) electrons. The fourth-order valence-electron chi connectivity index (χ4n) is 3.27. The molecule has 1 N–H and O–H groups in total. The molecule has 1 aromatic rings. The number of ether oxygens (including phenoxy) is 1. The van der Waals surface area contributed by atoms with Crippen LogP contribution in [-0.2, 0) is 12.8 Å². The molecule has 0 saturated heterocycles. The van der Waals surface area contributed by atoms with Crippen molar-refractivity contribution < 1.29 is 4.74 Å². The number of hydrogen-bond acceptors (Lipinski definition) is 2. The molecule has 1 aromatic carbocycles. The van der Waals surface area contributed by atoms with Crippen LogP contribution >= 0.6 is 0 Å². The predicted octanol–water partition coefficient (Wildman–Crippen LogP) is 4.36. The van der Waals surface area contributed by atoms with Gasteiger partial charge in [-0.15, -0.1) is 0 Å². The van der Waals surface area contributed by atoms with Crippen LogP contribution in [0.1, 0.15) is 58.1 Å². The van der Waals surface area contributed by atoms with E-state index in [9.17, 15) is 0 Å². The molecule has 2 nitrogen and oxygen atoms in total. The van der Waals surface area contributed by atoms with Crippen molar-refractivity contribution in [2.75, 3.05) is 13.2 Å². The topological polar surface area (TPSA) is 21.3 Å². The van der Waals surface area contributed by atoms with E-state index in [1.54, 1.807) is 0 Å². The molecule has 0 bridgehead atoms. The van der Waals surface area contributed by atoms with Crippen molar-refractivity contribution in [3.05, 3.63) is 29.3 Å². The third-order valence-corrected chi connectivity index (χ3v) is 4.45. The summed E-state index contributed by atoms with van der Waals surface area (Å²) in [5, 5.41) is 3.60. The van der Waals surface area contributed by atoms with Crippen LogP contribution in [0.2, 0.25) is 0 Å². The standard InChI is InChI=1S/C19H31NO/c1-5-11-20-15(2)14-19(3,4)10-8-16-6-7-18-17(13-16)9-12-21-18/h6-7,13,15,20H,5,8-12,14H2,1-4H3. The van der Waals surface area contributed by atoms with Crippen molar-refractivity contribution in [2.45, 2.75) is 65.8 Å². The van der Waals surface area contributed by atoms with E-state index in [-0.39, 0.29) is 0 Å². The lowest BCUT2D eigenvalue weighted by Crippen LogP contribution is -2.32. The summed E-state index contributed by atoms with van der Waals surface area (Å²) in [6, 6.07) is 7.33. The summed E-state index contributed by atoms with van der Waals surface area (Å²) in [5.74, 6) is 1.09. The molecule has 1 aliphatic rings. The van der Waals surface area contributed by atoms with E-state index in [0.29, 0.717) is 11.5 Å². The summed E-state index contributed by atoms with van der Waals surface area (Å²) < 4.78 is 5.58. The lowest BCUT2D eigenvalue weighted by Gasteiger charge is -2.28. The van der Waals surface area contributed by atoms with E-state index in [4.69, 9.17) is 4.74 Å². The molecular weight excluding hydrogens is 258 g/mol. The Balaban J connectivity index is 1.83. The Kier molecular flexibility index (Phi) is 5.69. The summed E-state index contributed by atoms with van der Waals surface area (Å²) in [5.41, 5.74) is 3.24. The quantitative estimate of drug-likeness (QED) is 0.768. The monoisotopic (exact) mass is 289 g/mol. The van der Waals surface area contributed by atoms with Gasteiger partial charge in [0.05, 0.1) is 6.61 Å². The van der Waals surface area contributed by atoms with Gasteiger partial charge in [-0.25, -0.2) is 0 Å². The summed E-state index contributed by atoms with van der Waals surface area (Å²) in [7, 11) is 0. The smallest absolute Gasteiger partial charge is 0.122 e.